The molecule has 0 saturated carbocycles. The molecule has 1 saturated heterocycles. The Labute approximate surface area is 119 Å². The van der Waals surface area contributed by atoms with Gasteiger partial charge < -0.3 is 5.11 Å². The maximum absolute atomic E-state index is 12.3. The van der Waals surface area contributed by atoms with Crippen LogP contribution in [0.15, 0.2) is 12.1 Å². The molecule has 1 aromatic rings. The Bertz CT molecular complexity index is 428. The van der Waals surface area contributed by atoms with Crippen LogP contribution in [0.3, 0.4) is 0 Å². The zero-order chi connectivity index (χ0) is 13.8. The van der Waals surface area contributed by atoms with Gasteiger partial charge in [0.05, 0.1) is 17.5 Å². The van der Waals surface area contributed by atoms with E-state index in [9.17, 15) is 9.90 Å². The SMILES string of the molecule is CCc1ccc(C(=O)CN2CCCC2CC(C)O)s1. The number of carbonyl (C=O) groups is 1. The topological polar surface area (TPSA) is 40.5 Å². The van der Waals surface area contributed by atoms with Crippen LogP contribution in [0.5, 0.6) is 0 Å². The summed E-state index contributed by atoms with van der Waals surface area (Å²) in [5.41, 5.74) is 0. The molecule has 2 unspecified atom stereocenters. The van der Waals surface area contributed by atoms with Crippen LogP contribution in [-0.4, -0.2) is 41.0 Å². The maximum atomic E-state index is 12.3. The van der Waals surface area contributed by atoms with Gasteiger partial charge in [-0.3, -0.25) is 9.69 Å². The first-order valence-electron chi connectivity index (χ1n) is 7.14. The molecule has 0 spiro atoms. The number of thiophene rings is 1. The molecule has 2 rings (SSSR count). The van der Waals surface area contributed by atoms with E-state index in [1.165, 1.54) is 4.88 Å². The predicted octanol–water partition coefficient (Wildman–Crippen LogP) is 2.73. The lowest BCUT2D eigenvalue weighted by Gasteiger charge is -2.24. The van der Waals surface area contributed by atoms with Crippen molar-refractivity contribution in [3.63, 3.8) is 0 Å². The Morgan fingerprint density at radius 1 is 1.58 bits per heavy atom. The minimum Gasteiger partial charge on any atom is -0.393 e. The van der Waals surface area contributed by atoms with Crippen LogP contribution in [-0.2, 0) is 6.42 Å². The van der Waals surface area contributed by atoms with Crippen LogP contribution in [0.4, 0.5) is 0 Å². The summed E-state index contributed by atoms with van der Waals surface area (Å²) >= 11 is 1.61. The molecule has 1 aliphatic rings. The lowest BCUT2D eigenvalue weighted by molar-refractivity contribution is 0.0883. The minimum atomic E-state index is -0.283. The van der Waals surface area contributed by atoms with Crippen molar-refractivity contribution in [2.75, 3.05) is 13.1 Å². The lowest BCUT2D eigenvalue weighted by atomic mass is 10.1. The standard InChI is InChI=1S/C15H23NO2S/c1-3-13-6-7-15(19-13)14(18)10-16-8-4-5-12(16)9-11(2)17/h6-7,11-12,17H,3-5,8-10H2,1-2H3. The number of likely N-dealkylation sites (tertiary alicyclic amines) is 1. The summed E-state index contributed by atoms with van der Waals surface area (Å²) in [4.78, 5) is 16.6. The van der Waals surface area contributed by atoms with Crippen LogP contribution in [0.1, 0.15) is 47.7 Å². The highest BCUT2D eigenvalue weighted by molar-refractivity contribution is 7.14. The fourth-order valence-corrected chi connectivity index (χ4v) is 3.62. The van der Waals surface area contributed by atoms with Crippen LogP contribution < -0.4 is 0 Å². The Morgan fingerprint density at radius 3 is 3.00 bits per heavy atom. The van der Waals surface area contributed by atoms with Crippen molar-refractivity contribution in [2.45, 2.75) is 51.7 Å². The van der Waals surface area contributed by atoms with Crippen LogP contribution in [0.25, 0.3) is 0 Å². The number of hydrogen-bond acceptors (Lipinski definition) is 4. The number of carbonyl (C=O) groups excluding carboxylic acids is 1. The van der Waals surface area contributed by atoms with Crippen molar-refractivity contribution in [3.8, 4) is 0 Å². The molecule has 4 heteroatoms. The number of aryl methyl sites for hydroxylation is 1. The number of hydrogen-bond donors (Lipinski definition) is 1. The molecule has 0 amide bonds. The van der Waals surface area contributed by atoms with E-state index in [0.29, 0.717) is 12.6 Å². The van der Waals surface area contributed by atoms with E-state index in [2.05, 4.69) is 17.9 Å². The highest BCUT2D eigenvalue weighted by Gasteiger charge is 2.27. The molecular formula is C15H23NO2S. The van der Waals surface area contributed by atoms with E-state index in [-0.39, 0.29) is 11.9 Å². The van der Waals surface area contributed by atoms with Crippen molar-refractivity contribution in [1.29, 1.82) is 0 Å². The monoisotopic (exact) mass is 281 g/mol. The first kappa shape index (κ1) is 14.7. The number of aliphatic hydroxyl groups is 1. The van der Waals surface area contributed by atoms with E-state index in [1.54, 1.807) is 11.3 Å². The minimum absolute atomic E-state index is 0.224. The second-order valence-corrected chi connectivity index (χ2v) is 6.56. The van der Waals surface area contributed by atoms with Crippen molar-refractivity contribution < 1.29 is 9.90 Å². The molecule has 106 valence electrons. The van der Waals surface area contributed by atoms with Gasteiger partial charge in [0.1, 0.15) is 0 Å². The fourth-order valence-electron chi connectivity index (χ4n) is 2.74. The average Bonchev–Trinajstić information content (AvgIpc) is 2.98. The molecule has 19 heavy (non-hydrogen) atoms. The van der Waals surface area contributed by atoms with Gasteiger partial charge >= 0.3 is 0 Å². The Balaban J connectivity index is 1.94. The largest absolute Gasteiger partial charge is 0.393 e. The summed E-state index contributed by atoms with van der Waals surface area (Å²) in [7, 11) is 0. The fraction of sp³-hybridized carbons (Fsp3) is 0.667. The van der Waals surface area contributed by atoms with Gasteiger partial charge in [-0.25, -0.2) is 0 Å². The summed E-state index contributed by atoms with van der Waals surface area (Å²) in [6.07, 6.45) is 3.72. The van der Waals surface area contributed by atoms with Gasteiger partial charge in [-0.05, 0) is 51.3 Å². The third kappa shape index (κ3) is 3.88. The zero-order valence-electron chi connectivity index (χ0n) is 11.8. The van der Waals surface area contributed by atoms with Crippen molar-refractivity contribution in [2.24, 2.45) is 0 Å². The molecule has 2 heterocycles. The summed E-state index contributed by atoms with van der Waals surface area (Å²) in [5, 5.41) is 9.51. The van der Waals surface area contributed by atoms with Gasteiger partial charge in [0.2, 0.25) is 0 Å². The van der Waals surface area contributed by atoms with Crippen LogP contribution in [0, 0.1) is 0 Å². The quantitative estimate of drug-likeness (QED) is 0.815. The average molecular weight is 281 g/mol. The molecule has 0 radical (unpaired) electrons. The van der Waals surface area contributed by atoms with Gasteiger partial charge in [0.25, 0.3) is 0 Å². The smallest absolute Gasteiger partial charge is 0.186 e. The normalized spacial score (nSPS) is 21.7. The second kappa shape index (κ2) is 6.64. The van der Waals surface area contributed by atoms with Crippen LogP contribution >= 0.6 is 11.3 Å². The van der Waals surface area contributed by atoms with Gasteiger partial charge in [0, 0.05) is 10.9 Å². The Morgan fingerprint density at radius 2 is 2.37 bits per heavy atom. The summed E-state index contributed by atoms with van der Waals surface area (Å²) < 4.78 is 0. The van der Waals surface area contributed by atoms with Crippen molar-refractivity contribution >= 4 is 17.1 Å². The number of ketones is 1. The number of aliphatic hydroxyl groups excluding tert-OH is 1. The zero-order valence-corrected chi connectivity index (χ0v) is 12.6. The van der Waals surface area contributed by atoms with Crippen LogP contribution in [0.2, 0.25) is 0 Å². The van der Waals surface area contributed by atoms with E-state index < -0.39 is 0 Å². The first-order chi connectivity index (χ1) is 9.10. The predicted molar refractivity (Wildman–Crippen MR) is 78.9 cm³/mol. The molecule has 0 aromatic carbocycles. The summed E-state index contributed by atoms with van der Waals surface area (Å²) in [6, 6.07) is 4.37. The molecule has 3 nitrogen and oxygen atoms in total. The van der Waals surface area contributed by atoms with Crippen molar-refractivity contribution in [3.05, 3.63) is 21.9 Å². The number of nitrogens with zero attached hydrogens (tertiary/aromatic N) is 1. The second-order valence-electron chi connectivity index (χ2n) is 5.39. The first-order valence-corrected chi connectivity index (χ1v) is 7.95. The Hall–Kier alpha value is -0.710. The Kier molecular flexibility index (Phi) is 5.13. The molecule has 0 bridgehead atoms. The molecule has 1 aromatic heterocycles. The number of Topliss-reactive ketones (excluding diaryl/α,β-unsaturated/α-hetero) is 1. The molecule has 1 aliphatic heterocycles. The van der Waals surface area contributed by atoms with Gasteiger partial charge in [0.15, 0.2) is 5.78 Å². The summed E-state index contributed by atoms with van der Waals surface area (Å²) in [6.45, 7) is 5.42. The highest BCUT2D eigenvalue weighted by Crippen LogP contribution is 2.23. The number of rotatable bonds is 6. The van der Waals surface area contributed by atoms with E-state index in [0.717, 1.165) is 37.1 Å². The lowest BCUT2D eigenvalue weighted by Crippen LogP contribution is -2.35. The van der Waals surface area contributed by atoms with Gasteiger partial charge in [-0.15, -0.1) is 11.3 Å². The molecular weight excluding hydrogens is 258 g/mol. The summed E-state index contributed by atoms with van der Waals surface area (Å²) in [5.74, 6) is 0.224. The van der Waals surface area contributed by atoms with Gasteiger partial charge in [-0.1, -0.05) is 6.92 Å². The highest BCUT2D eigenvalue weighted by atomic mass is 32.1. The van der Waals surface area contributed by atoms with E-state index in [4.69, 9.17) is 0 Å². The molecule has 0 aliphatic carbocycles. The third-order valence-electron chi connectivity index (χ3n) is 3.74. The van der Waals surface area contributed by atoms with Crippen molar-refractivity contribution in [1.82, 2.24) is 4.90 Å². The van der Waals surface area contributed by atoms with Gasteiger partial charge in [-0.2, -0.15) is 0 Å². The molecule has 1 fully saturated rings. The maximum Gasteiger partial charge on any atom is 0.186 e. The molecule has 1 N–H and O–H groups in total. The third-order valence-corrected chi connectivity index (χ3v) is 5.01. The molecule has 2 atom stereocenters. The van der Waals surface area contributed by atoms with E-state index >= 15 is 0 Å². The van der Waals surface area contributed by atoms with E-state index in [1.807, 2.05) is 13.0 Å².